The van der Waals surface area contributed by atoms with Crippen LogP contribution in [0.4, 0.5) is 0 Å². The van der Waals surface area contributed by atoms with Crippen molar-refractivity contribution in [2.75, 3.05) is 39.5 Å². The highest BCUT2D eigenvalue weighted by atomic mass is 31.2. The van der Waals surface area contributed by atoms with Crippen molar-refractivity contribution in [1.29, 1.82) is 0 Å². The van der Waals surface area contributed by atoms with Gasteiger partial charge in [-0.3, -0.25) is 9.42 Å². The zero-order valence-electron chi connectivity index (χ0n) is 28.3. The molecule has 0 spiro atoms. The molecule has 0 rings (SSSR count). The molecule has 0 aromatic carbocycles. The van der Waals surface area contributed by atoms with E-state index in [1.54, 1.807) is 0 Å². The largest absolute Gasteiger partial charge is 0.469 e. The van der Waals surface area contributed by atoms with E-state index in [2.05, 4.69) is 25.7 Å². The minimum absolute atomic E-state index is 0.192. The number of unbranched alkanes of at least 4 members (excludes halogenated alkanes) is 19. The molecule has 7 nitrogen and oxygen atoms in total. The van der Waals surface area contributed by atoms with Gasteiger partial charge >= 0.3 is 7.82 Å². The fraction of sp³-hybridized carbons (Fsp3) is 1.00. The summed E-state index contributed by atoms with van der Waals surface area (Å²) in [5, 5.41) is 17.8. The summed E-state index contributed by atoms with van der Waals surface area (Å²) in [5.41, 5.74) is 0. The second-order valence-corrected chi connectivity index (χ2v) is 13.5. The fourth-order valence-corrected chi connectivity index (χ4v) is 5.79. The Kier molecular flexibility index (Phi) is 37.3. The zero-order valence-corrected chi connectivity index (χ0v) is 29.2. The molecule has 0 radical (unpaired) electrons. The van der Waals surface area contributed by atoms with Crippen LogP contribution in [-0.2, 0) is 9.09 Å². The third kappa shape index (κ3) is 38.0. The second kappa shape index (κ2) is 35.5. The molecular formula is C34H74NO6P. The predicted octanol–water partition coefficient (Wildman–Crippen LogP) is 9.41. The first-order valence-corrected chi connectivity index (χ1v) is 19.5. The number of aliphatic hydroxyl groups is 2. The number of rotatable bonds is 32. The van der Waals surface area contributed by atoms with Crippen LogP contribution in [0.25, 0.3) is 0 Å². The average Bonchev–Trinajstić information content (AvgIpc) is 2.96. The molecule has 0 fully saturated rings. The Morgan fingerprint density at radius 1 is 0.524 bits per heavy atom. The first-order valence-electron chi connectivity index (χ1n) is 18.0. The molecule has 0 aromatic heterocycles. The maximum absolute atomic E-state index is 10.9. The van der Waals surface area contributed by atoms with Crippen molar-refractivity contribution in [2.24, 2.45) is 5.92 Å². The molecule has 0 amide bonds. The van der Waals surface area contributed by atoms with Gasteiger partial charge in [0.2, 0.25) is 0 Å². The predicted molar refractivity (Wildman–Crippen MR) is 180 cm³/mol. The van der Waals surface area contributed by atoms with Gasteiger partial charge in [-0.05, 0) is 31.7 Å². The van der Waals surface area contributed by atoms with Crippen LogP contribution in [0.15, 0.2) is 0 Å². The lowest BCUT2D eigenvalue weighted by molar-refractivity contribution is 0.157. The van der Waals surface area contributed by atoms with E-state index in [9.17, 15) is 4.57 Å². The summed E-state index contributed by atoms with van der Waals surface area (Å²) in [5.74, 6) is 0.291. The van der Waals surface area contributed by atoms with Crippen LogP contribution in [0.3, 0.4) is 0 Å². The van der Waals surface area contributed by atoms with Gasteiger partial charge in [0.25, 0.3) is 0 Å². The van der Waals surface area contributed by atoms with Crippen molar-refractivity contribution < 1.29 is 29.1 Å². The first-order chi connectivity index (χ1) is 20.3. The van der Waals surface area contributed by atoms with E-state index in [1.165, 1.54) is 128 Å². The molecule has 0 aromatic rings. The Morgan fingerprint density at radius 2 is 0.857 bits per heavy atom. The van der Waals surface area contributed by atoms with E-state index in [0.29, 0.717) is 19.0 Å². The van der Waals surface area contributed by atoms with Crippen molar-refractivity contribution in [2.45, 2.75) is 175 Å². The Hall–Kier alpha value is -0.0100. The van der Waals surface area contributed by atoms with Gasteiger partial charge in [0, 0.05) is 13.1 Å². The van der Waals surface area contributed by atoms with Crippen molar-refractivity contribution >= 4 is 7.82 Å². The Balaban J connectivity index is 0. The highest BCUT2D eigenvalue weighted by Crippen LogP contribution is 2.37. The smallest absolute Gasteiger partial charge is 0.395 e. The average molecular weight is 624 g/mol. The maximum Gasteiger partial charge on any atom is 0.469 e. The third-order valence-electron chi connectivity index (χ3n) is 8.07. The van der Waals surface area contributed by atoms with E-state index in [0.717, 1.165) is 32.2 Å². The SMILES string of the molecule is CCCCCCCCCCC(CCCCCC)COP(=O)(O)O.CCCCCCCCCCCCN(CCO)CCO. The molecule has 0 aliphatic rings. The van der Waals surface area contributed by atoms with Gasteiger partial charge in [-0.2, -0.15) is 0 Å². The van der Waals surface area contributed by atoms with Gasteiger partial charge in [-0.15, -0.1) is 0 Å². The standard InChI is InChI=1S/C18H39O4P.C16H35NO2/c1-3-5-7-9-10-11-12-14-16-18(15-13-8-6-4-2)17-22-23(19,20)21;1-2-3-4-5-6-7-8-9-10-11-12-17(13-15-18)14-16-19/h18H,3-17H2,1-2H3,(H2,19,20,21);18-19H,2-16H2,1H3. The summed E-state index contributed by atoms with van der Waals surface area (Å²) in [6.07, 6.45) is 30.7. The van der Waals surface area contributed by atoms with E-state index >= 15 is 0 Å². The lowest BCUT2D eigenvalue weighted by Gasteiger charge is -2.19. The second-order valence-electron chi connectivity index (χ2n) is 12.2. The molecule has 256 valence electrons. The molecule has 8 heteroatoms. The zero-order chi connectivity index (χ0) is 31.6. The van der Waals surface area contributed by atoms with E-state index in [-0.39, 0.29) is 19.8 Å². The lowest BCUT2D eigenvalue weighted by atomic mass is 9.95. The topological polar surface area (TPSA) is 110 Å². The van der Waals surface area contributed by atoms with E-state index in [1.807, 2.05) is 0 Å². The van der Waals surface area contributed by atoms with Crippen molar-refractivity contribution in [3.63, 3.8) is 0 Å². The van der Waals surface area contributed by atoms with Crippen LogP contribution >= 0.6 is 7.82 Å². The number of hydrogen-bond donors (Lipinski definition) is 4. The van der Waals surface area contributed by atoms with Crippen molar-refractivity contribution in [3.05, 3.63) is 0 Å². The molecule has 0 bridgehead atoms. The van der Waals surface area contributed by atoms with Crippen LogP contribution < -0.4 is 0 Å². The molecule has 1 unspecified atom stereocenters. The number of aliphatic hydroxyl groups excluding tert-OH is 2. The summed E-state index contributed by atoms with van der Waals surface area (Å²) in [6, 6.07) is 0. The van der Waals surface area contributed by atoms with Gasteiger partial charge < -0.3 is 20.0 Å². The molecule has 4 N–H and O–H groups in total. The molecule has 42 heavy (non-hydrogen) atoms. The fourth-order valence-electron chi connectivity index (χ4n) is 5.38. The molecular weight excluding hydrogens is 549 g/mol. The van der Waals surface area contributed by atoms with Crippen molar-refractivity contribution in [1.82, 2.24) is 4.90 Å². The number of phosphoric acid groups is 1. The molecule has 0 aliphatic carbocycles. The van der Waals surface area contributed by atoms with Crippen LogP contribution in [0.2, 0.25) is 0 Å². The number of hydrogen-bond acceptors (Lipinski definition) is 5. The highest BCUT2D eigenvalue weighted by molar-refractivity contribution is 7.46. The van der Waals surface area contributed by atoms with Crippen LogP contribution in [0, 0.1) is 5.92 Å². The lowest BCUT2D eigenvalue weighted by Crippen LogP contribution is -2.30. The monoisotopic (exact) mass is 624 g/mol. The van der Waals surface area contributed by atoms with Crippen LogP contribution in [0.1, 0.15) is 175 Å². The van der Waals surface area contributed by atoms with Crippen molar-refractivity contribution in [3.8, 4) is 0 Å². The maximum atomic E-state index is 10.9. The van der Waals surface area contributed by atoms with Gasteiger partial charge in [-0.1, -0.05) is 156 Å². The van der Waals surface area contributed by atoms with Gasteiger partial charge in [0.1, 0.15) is 0 Å². The van der Waals surface area contributed by atoms with E-state index < -0.39 is 7.82 Å². The minimum atomic E-state index is -4.33. The summed E-state index contributed by atoms with van der Waals surface area (Å²) in [7, 11) is -4.33. The normalized spacial score (nSPS) is 12.5. The number of phosphoric ester groups is 1. The molecule has 0 heterocycles. The Labute approximate surface area is 261 Å². The number of nitrogens with zero attached hydrogens (tertiary/aromatic N) is 1. The summed E-state index contributed by atoms with van der Waals surface area (Å²) < 4.78 is 15.6. The van der Waals surface area contributed by atoms with Crippen LogP contribution in [0.5, 0.6) is 0 Å². The van der Waals surface area contributed by atoms with Gasteiger partial charge in [0.15, 0.2) is 0 Å². The first kappa shape index (κ1) is 44.1. The van der Waals surface area contributed by atoms with Gasteiger partial charge in [0.05, 0.1) is 19.8 Å². The minimum Gasteiger partial charge on any atom is -0.395 e. The highest BCUT2D eigenvalue weighted by Gasteiger charge is 2.18. The Morgan fingerprint density at radius 3 is 1.21 bits per heavy atom. The molecule has 0 aliphatic heterocycles. The summed E-state index contributed by atoms with van der Waals surface area (Å²) in [4.78, 5) is 19.9. The summed E-state index contributed by atoms with van der Waals surface area (Å²) in [6.45, 7) is 9.67. The Bertz CT molecular complexity index is 542. The third-order valence-corrected chi connectivity index (χ3v) is 8.56. The quantitative estimate of drug-likeness (QED) is 0.0436. The summed E-state index contributed by atoms with van der Waals surface area (Å²) >= 11 is 0. The molecule has 1 atom stereocenters. The van der Waals surface area contributed by atoms with Gasteiger partial charge in [-0.25, -0.2) is 4.57 Å². The van der Waals surface area contributed by atoms with E-state index in [4.69, 9.17) is 24.5 Å². The van der Waals surface area contributed by atoms with Crippen LogP contribution in [-0.4, -0.2) is 64.4 Å². The molecule has 0 saturated carbocycles. The molecule has 0 saturated heterocycles.